The summed E-state index contributed by atoms with van der Waals surface area (Å²) in [7, 11) is -4.82. The zero-order valence-corrected chi connectivity index (χ0v) is 36.7. The summed E-state index contributed by atoms with van der Waals surface area (Å²) in [4.78, 5) is 0. The highest BCUT2D eigenvalue weighted by atomic mass is 127. The maximum atomic E-state index is 12.5. The topological polar surface area (TPSA) is 51.2 Å². The van der Waals surface area contributed by atoms with Crippen molar-refractivity contribution in [1.82, 2.24) is 0 Å². The van der Waals surface area contributed by atoms with E-state index in [0.717, 1.165) is 51.1 Å². The Kier molecular flexibility index (Phi) is 32.2. The zero-order chi connectivity index (χ0) is 41.3. The van der Waals surface area contributed by atoms with Gasteiger partial charge in [0.1, 0.15) is 9.84 Å². The van der Waals surface area contributed by atoms with E-state index in [1.54, 1.807) is 0 Å². The van der Waals surface area contributed by atoms with E-state index in [0.29, 0.717) is 24.3 Å². The minimum atomic E-state index is -5.61. The molecule has 1 unspecified atom stereocenters. The maximum absolute atomic E-state index is 12.5. The highest BCUT2D eigenvalue weighted by molar-refractivity contribution is 14.1. The first kappa shape index (κ1) is 57.9. The molecule has 0 saturated heterocycles. The number of hydrogen-bond donors (Lipinski definition) is 0. The predicted octanol–water partition coefficient (Wildman–Crippen LogP) is 12.8. The molecule has 0 aliphatic rings. The van der Waals surface area contributed by atoms with Gasteiger partial charge in [-0.1, -0.05) is 80.6 Å². The van der Waals surface area contributed by atoms with Gasteiger partial charge in [-0.3, -0.25) is 4.21 Å². The molecular weight excluding hydrogens is 1150 g/mol. The maximum Gasteiger partial charge on any atom is 0.453 e. The fourth-order valence-corrected chi connectivity index (χ4v) is 8.89. The summed E-state index contributed by atoms with van der Waals surface area (Å²) in [5, 5.41) is 0. The first-order valence-corrected chi connectivity index (χ1v) is 24.7. The second kappa shape index (κ2) is 28.9. The third kappa shape index (κ3) is 30.7. The number of hydrogen-bond acceptors (Lipinski definition) is 4. The fourth-order valence-electron chi connectivity index (χ4n) is 3.38. The van der Waals surface area contributed by atoms with Gasteiger partial charge in [-0.2, -0.15) is 77.6 Å². The van der Waals surface area contributed by atoms with Gasteiger partial charge in [0.25, 0.3) is 0 Å². The van der Waals surface area contributed by atoms with Crippen LogP contribution in [0.5, 0.6) is 0 Å². The number of sulfone groups is 1. The van der Waals surface area contributed by atoms with E-state index in [1.807, 2.05) is 0 Å². The van der Waals surface area contributed by atoms with Crippen LogP contribution in [-0.2, 0) is 20.6 Å². The summed E-state index contributed by atoms with van der Waals surface area (Å²) in [6.45, 7) is 0. The standard InChI is InChI=1S/C10H16F5IO2S.C10H16F5IOS.C8H12F5IS/c11-9(12,10(13,14)15)5-4-8-19(17,18)7-3-1-2-6-16;11-9(12,10(13,14)15)5-4-8-18(17)7-3-1-2-6-16;9-7(10,8(11,12)13)3-1-5-15-6-2-4-14/h1-8H2;1-8H2;1-6H2. The van der Waals surface area contributed by atoms with Gasteiger partial charge in [-0.05, 0) is 71.7 Å². The normalized spacial score (nSPS) is 14.0. The molecule has 0 amide bonds. The van der Waals surface area contributed by atoms with Crippen LogP contribution in [0.4, 0.5) is 65.9 Å². The lowest BCUT2D eigenvalue weighted by Gasteiger charge is -2.19. The minimum absolute atomic E-state index is 0.0874. The van der Waals surface area contributed by atoms with Crippen molar-refractivity contribution in [1.29, 1.82) is 0 Å². The van der Waals surface area contributed by atoms with Crippen LogP contribution in [0.3, 0.4) is 0 Å². The summed E-state index contributed by atoms with van der Waals surface area (Å²) in [6, 6.07) is 0. The van der Waals surface area contributed by atoms with E-state index in [1.165, 1.54) is 11.8 Å². The molecule has 0 bridgehead atoms. The molecule has 52 heavy (non-hydrogen) atoms. The van der Waals surface area contributed by atoms with Gasteiger partial charge >= 0.3 is 36.3 Å². The first-order chi connectivity index (χ1) is 23.5. The van der Waals surface area contributed by atoms with Gasteiger partial charge in [0.05, 0.1) is 11.5 Å². The predicted molar refractivity (Wildman–Crippen MR) is 204 cm³/mol. The largest absolute Gasteiger partial charge is 0.453 e. The molecule has 0 aliphatic heterocycles. The van der Waals surface area contributed by atoms with Crippen molar-refractivity contribution in [2.75, 3.05) is 47.8 Å². The summed E-state index contributed by atoms with van der Waals surface area (Å²) < 4.78 is 218. The highest BCUT2D eigenvalue weighted by Gasteiger charge is 2.58. The van der Waals surface area contributed by atoms with Crippen molar-refractivity contribution in [2.45, 2.75) is 120 Å². The van der Waals surface area contributed by atoms with E-state index in [4.69, 9.17) is 0 Å². The van der Waals surface area contributed by atoms with Crippen molar-refractivity contribution in [3.63, 3.8) is 0 Å². The van der Waals surface area contributed by atoms with Crippen LogP contribution in [0.25, 0.3) is 0 Å². The monoisotopic (exact) mass is 1190 g/mol. The van der Waals surface area contributed by atoms with Gasteiger partial charge in [-0.15, -0.1) is 0 Å². The lowest BCUT2D eigenvalue weighted by molar-refractivity contribution is -0.284. The Bertz CT molecular complexity index is 1030. The van der Waals surface area contributed by atoms with Crippen LogP contribution in [0.15, 0.2) is 0 Å². The molecule has 24 heteroatoms. The molecule has 318 valence electrons. The van der Waals surface area contributed by atoms with Crippen LogP contribution in [0, 0.1) is 0 Å². The molecular formula is C28H44F15I3O3S3. The quantitative estimate of drug-likeness (QED) is 0.0396. The number of thioether (sulfide) groups is 1. The Morgan fingerprint density at radius 2 is 0.788 bits per heavy atom. The Hall–Kier alpha value is 1.59. The highest BCUT2D eigenvalue weighted by Crippen LogP contribution is 2.40. The van der Waals surface area contributed by atoms with Crippen LogP contribution < -0.4 is 0 Å². The second-order valence-electron chi connectivity index (χ2n) is 11.1. The molecule has 0 aromatic carbocycles. The van der Waals surface area contributed by atoms with E-state index < -0.39 is 88.4 Å². The minimum Gasteiger partial charge on any atom is -0.260 e. The molecule has 1 atom stereocenters. The third-order valence-corrected chi connectivity index (χ3v) is 13.1. The molecule has 0 fully saturated rings. The summed E-state index contributed by atoms with van der Waals surface area (Å²) in [6.07, 6.45) is -15.9. The number of halogens is 18. The molecule has 0 N–H and O–H groups in total. The molecule has 0 saturated carbocycles. The molecule has 0 aromatic heterocycles. The Morgan fingerprint density at radius 1 is 0.442 bits per heavy atom. The molecule has 0 radical (unpaired) electrons. The third-order valence-electron chi connectivity index (χ3n) is 6.35. The summed E-state index contributed by atoms with van der Waals surface area (Å²) >= 11 is 7.98. The van der Waals surface area contributed by atoms with Crippen molar-refractivity contribution in [3.05, 3.63) is 0 Å². The number of rotatable bonds is 25. The number of alkyl halides is 18. The number of unbranched alkanes of at least 4 members (excludes halogenated alkanes) is 4. The van der Waals surface area contributed by atoms with Gasteiger partial charge in [0.2, 0.25) is 0 Å². The molecule has 3 nitrogen and oxygen atoms in total. The smallest absolute Gasteiger partial charge is 0.260 e. The van der Waals surface area contributed by atoms with Gasteiger partial charge in [0.15, 0.2) is 0 Å². The summed E-state index contributed by atoms with van der Waals surface area (Å²) in [5.74, 6) is -13.3. The molecule has 0 aliphatic carbocycles. The van der Waals surface area contributed by atoms with E-state index in [-0.39, 0.29) is 24.3 Å². The van der Waals surface area contributed by atoms with Crippen LogP contribution in [0.2, 0.25) is 0 Å². The van der Waals surface area contributed by atoms with Crippen molar-refractivity contribution >= 4 is 100 Å². The van der Waals surface area contributed by atoms with E-state index in [9.17, 15) is 78.5 Å². The molecule has 0 rings (SSSR count). The second-order valence-corrected chi connectivity index (χ2v) is 19.5. The first-order valence-electron chi connectivity index (χ1n) is 15.7. The lowest BCUT2D eigenvalue weighted by atomic mass is 10.2. The van der Waals surface area contributed by atoms with Crippen molar-refractivity contribution in [3.8, 4) is 0 Å². The van der Waals surface area contributed by atoms with Crippen LogP contribution in [0.1, 0.15) is 83.5 Å². The van der Waals surface area contributed by atoms with E-state index in [2.05, 4.69) is 67.8 Å². The zero-order valence-electron chi connectivity index (χ0n) is 27.8. The van der Waals surface area contributed by atoms with E-state index >= 15 is 0 Å². The Morgan fingerprint density at radius 3 is 1.21 bits per heavy atom. The molecule has 0 aromatic rings. The fraction of sp³-hybridized carbons (Fsp3) is 1.00. The molecule has 0 spiro atoms. The SMILES string of the molecule is FC(F)(F)C(F)(F)CCCSCCCI.O=S(=O)(CCCCCI)CCCC(F)(F)C(F)(F)F.O=S(CCCCCI)CCCC(F)(F)C(F)(F)F. The average Bonchev–Trinajstić information content (AvgIpc) is 2.98. The van der Waals surface area contributed by atoms with Crippen LogP contribution in [-0.4, -0.2) is 96.7 Å². The molecule has 0 heterocycles. The van der Waals surface area contributed by atoms with Gasteiger partial charge < -0.3 is 0 Å². The van der Waals surface area contributed by atoms with Gasteiger partial charge in [-0.25, -0.2) is 8.42 Å². The Labute approximate surface area is 343 Å². The average molecular weight is 1190 g/mol. The lowest BCUT2D eigenvalue weighted by Crippen LogP contribution is -2.36. The van der Waals surface area contributed by atoms with Crippen molar-refractivity contribution in [2.24, 2.45) is 0 Å². The summed E-state index contributed by atoms with van der Waals surface area (Å²) in [5.41, 5.74) is 0. The Balaban J connectivity index is -0.000000698. The van der Waals surface area contributed by atoms with Crippen LogP contribution >= 0.6 is 79.5 Å². The van der Waals surface area contributed by atoms with Crippen molar-refractivity contribution < 1.29 is 78.5 Å². The van der Waals surface area contributed by atoms with Gasteiger partial charge in [0, 0.05) is 46.0 Å².